The Morgan fingerprint density at radius 1 is 1.33 bits per heavy atom. The van der Waals surface area contributed by atoms with Gasteiger partial charge in [0.05, 0.1) is 5.88 Å². The van der Waals surface area contributed by atoms with Gasteiger partial charge in [-0.15, -0.1) is 11.6 Å². The molecule has 21 heavy (non-hydrogen) atoms. The number of alkyl halides is 1. The Morgan fingerprint density at radius 3 is 2.57 bits per heavy atom. The van der Waals surface area contributed by atoms with Gasteiger partial charge in [-0.25, -0.2) is 17.2 Å². The normalized spacial score (nSPS) is 21.7. The summed E-state index contributed by atoms with van der Waals surface area (Å²) in [5.41, 5.74) is -0.417. The van der Waals surface area contributed by atoms with Gasteiger partial charge < -0.3 is 4.90 Å². The van der Waals surface area contributed by atoms with Gasteiger partial charge in [-0.05, 0) is 26.1 Å². The van der Waals surface area contributed by atoms with E-state index < -0.39 is 38.0 Å². The van der Waals surface area contributed by atoms with Crippen LogP contribution in [-0.4, -0.2) is 50.3 Å². The second-order valence-corrected chi connectivity index (χ2v) is 7.32. The molecule has 1 aromatic rings. The van der Waals surface area contributed by atoms with Crippen molar-refractivity contribution in [3.63, 3.8) is 0 Å². The van der Waals surface area contributed by atoms with Gasteiger partial charge in [0.1, 0.15) is 10.7 Å². The molecule has 8 heteroatoms. The first kappa shape index (κ1) is 16.6. The van der Waals surface area contributed by atoms with E-state index >= 15 is 0 Å². The summed E-state index contributed by atoms with van der Waals surface area (Å²) in [6.45, 7) is 3.16. The molecule has 1 aromatic carbocycles. The van der Waals surface area contributed by atoms with Crippen molar-refractivity contribution in [1.29, 1.82) is 0 Å². The van der Waals surface area contributed by atoms with Gasteiger partial charge in [-0.1, -0.05) is 0 Å². The minimum absolute atomic E-state index is 0.271. The topological polar surface area (TPSA) is 40.6 Å². The van der Waals surface area contributed by atoms with Crippen LogP contribution < -0.4 is 0 Å². The van der Waals surface area contributed by atoms with Gasteiger partial charge in [0.25, 0.3) is 0 Å². The van der Waals surface area contributed by atoms with Gasteiger partial charge in [-0.2, -0.15) is 4.31 Å². The molecule has 1 heterocycles. The Kier molecular flexibility index (Phi) is 4.87. The van der Waals surface area contributed by atoms with Crippen molar-refractivity contribution in [1.82, 2.24) is 9.21 Å². The van der Waals surface area contributed by atoms with Crippen LogP contribution in [0.15, 0.2) is 17.0 Å². The highest BCUT2D eigenvalue weighted by Gasteiger charge is 2.35. The van der Waals surface area contributed by atoms with Crippen molar-refractivity contribution >= 4 is 21.6 Å². The molecule has 1 aliphatic rings. The molecule has 0 radical (unpaired) electrons. The second kappa shape index (κ2) is 6.16. The Labute approximate surface area is 128 Å². The van der Waals surface area contributed by atoms with Crippen LogP contribution in [0.3, 0.4) is 0 Å². The fraction of sp³-hybridized carbons (Fsp3) is 0.538. The number of nitrogens with zero attached hydrogens (tertiary/aromatic N) is 2. The molecule has 0 amide bonds. The summed E-state index contributed by atoms with van der Waals surface area (Å²) in [4.78, 5) is 1.48. The maximum Gasteiger partial charge on any atom is 0.246 e. The number of piperazine rings is 1. The van der Waals surface area contributed by atoms with E-state index in [1.807, 2.05) is 11.9 Å². The molecule has 118 valence electrons. The molecule has 0 bridgehead atoms. The number of hydrogen-bond acceptors (Lipinski definition) is 3. The van der Waals surface area contributed by atoms with Crippen molar-refractivity contribution in [2.24, 2.45) is 0 Å². The van der Waals surface area contributed by atoms with Crippen LogP contribution in [0.2, 0.25) is 0 Å². The highest BCUT2D eigenvalue weighted by molar-refractivity contribution is 7.89. The molecule has 0 N–H and O–H groups in total. The largest absolute Gasteiger partial charge is 0.303 e. The van der Waals surface area contributed by atoms with E-state index in [-0.39, 0.29) is 12.6 Å². The quantitative estimate of drug-likeness (QED) is 0.792. The van der Waals surface area contributed by atoms with Crippen LogP contribution >= 0.6 is 11.6 Å². The monoisotopic (exact) mass is 338 g/mol. The summed E-state index contributed by atoms with van der Waals surface area (Å²) in [5, 5.41) is 0. The van der Waals surface area contributed by atoms with Gasteiger partial charge in [0, 0.05) is 31.2 Å². The number of benzene rings is 1. The minimum Gasteiger partial charge on any atom is -0.303 e. The average Bonchev–Trinajstić information content (AvgIpc) is 2.38. The zero-order chi connectivity index (χ0) is 15.8. The molecule has 1 saturated heterocycles. The van der Waals surface area contributed by atoms with E-state index in [1.54, 1.807) is 6.92 Å². The summed E-state index contributed by atoms with van der Waals surface area (Å²) in [6, 6.07) is 1.62. The van der Waals surface area contributed by atoms with E-state index in [1.165, 1.54) is 4.31 Å². The molecule has 0 spiro atoms. The summed E-state index contributed by atoms with van der Waals surface area (Å²) in [5.74, 6) is -2.36. The van der Waals surface area contributed by atoms with Gasteiger partial charge >= 0.3 is 0 Å². The fourth-order valence-corrected chi connectivity index (χ4v) is 4.45. The van der Waals surface area contributed by atoms with Crippen LogP contribution in [-0.2, 0) is 15.9 Å². The molecule has 1 unspecified atom stereocenters. The first-order valence-electron chi connectivity index (χ1n) is 6.52. The molecule has 0 aliphatic carbocycles. The lowest BCUT2D eigenvalue weighted by atomic mass is 10.2. The molecule has 1 aliphatic heterocycles. The third kappa shape index (κ3) is 3.06. The van der Waals surface area contributed by atoms with E-state index in [4.69, 9.17) is 11.6 Å². The predicted molar refractivity (Wildman–Crippen MR) is 76.8 cm³/mol. The number of rotatable bonds is 3. The zero-order valence-electron chi connectivity index (χ0n) is 11.8. The minimum atomic E-state index is -4.01. The van der Waals surface area contributed by atoms with E-state index in [0.29, 0.717) is 13.1 Å². The Balaban J connectivity index is 2.45. The zero-order valence-corrected chi connectivity index (χ0v) is 13.4. The van der Waals surface area contributed by atoms with Crippen molar-refractivity contribution in [3.05, 3.63) is 29.3 Å². The van der Waals surface area contributed by atoms with Gasteiger partial charge in [0.2, 0.25) is 10.0 Å². The van der Waals surface area contributed by atoms with Crippen molar-refractivity contribution < 1.29 is 17.2 Å². The molecule has 0 saturated carbocycles. The van der Waals surface area contributed by atoms with Gasteiger partial charge in [0.15, 0.2) is 5.82 Å². The average molecular weight is 339 g/mol. The molecule has 2 rings (SSSR count). The highest BCUT2D eigenvalue weighted by Crippen LogP contribution is 2.27. The van der Waals surface area contributed by atoms with Crippen LogP contribution in [0.4, 0.5) is 8.78 Å². The van der Waals surface area contributed by atoms with Gasteiger partial charge in [-0.3, -0.25) is 0 Å². The smallest absolute Gasteiger partial charge is 0.246 e. The summed E-state index contributed by atoms with van der Waals surface area (Å²) >= 11 is 5.50. The van der Waals surface area contributed by atoms with Crippen molar-refractivity contribution in [3.8, 4) is 0 Å². The first-order chi connectivity index (χ1) is 9.78. The maximum absolute atomic E-state index is 14.2. The lowest BCUT2D eigenvalue weighted by Crippen LogP contribution is -2.52. The van der Waals surface area contributed by atoms with E-state index in [9.17, 15) is 17.2 Å². The first-order valence-corrected chi connectivity index (χ1v) is 8.49. The molecule has 4 nitrogen and oxygen atoms in total. The van der Waals surface area contributed by atoms with Crippen LogP contribution in [0, 0.1) is 11.6 Å². The predicted octanol–water partition coefficient (Wildman–Crippen LogP) is 2.03. The van der Waals surface area contributed by atoms with Crippen molar-refractivity contribution in [2.75, 3.05) is 26.7 Å². The molecule has 0 aromatic heterocycles. The standard InChI is InChI=1S/C13H17ClF2N2O2S/c1-9-8-17(2)5-6-18(9)21(19,20)12-4-3-11(15)10(7-14)13(12)16/h3-4,9H,5-8H2,1-2H3. The third-order valence-corrected chi connectivity index (χ3v) is 5.94. The van der Waals surface area contributed by atoms with Crippen LogP contribution in [0.25, 0.3) is 0 Å². The Hall–Kier alpha value is -0.760. The van der Waals surface area contributed by atoms with E-state index in [0.717, 1.165) is 12.1 Å². The van der Waals surface area contributed by atoms with Crippen LogP contribution in [0.5, 0.6) is 0 Å². The summed E-state index contributed by atoms with van der Waals surface area (Å²) in [7, 11) is -2.11. The maximum atomic E-state index is 14.2. The molecular formula is C13H17ClF2N2O2S. The number of likely N-dealkylation sites (N-methyl/N-ethyl adjacent to an activating group) is 1. The number of hydrogen-bond donors (Lipinski definition) is 0. The second-order valence-electron chi connectivity index (χ2n) is 5.20. The fourth-order valence-electron chi connectivity index (χ4n) is 2.50. The highest BCUT2D eigenvalue weighted by atomic mass is 35.5. The SMILES string of the molecule is CC1CN(C)CCN1S(=O)(=O)c1ccc(F)c(CCl)c1F. The molecule has 1 fully saturated rings. The third-order valence-electron chi connectivity index (χ3n) is 3.64. The van der Waals surface area contributed by atoms with Crippen LogP contribution in [0.1, 0.15) is 12.5 Å². The Bertz CT molecular complexity index is 639. The summed E-state index contributed by atoms with van der Waals surface area (Å²) in [6.07, 6.45) is 0. The summed E-state index contributed by atoms with van der Waals surface area (Å²) < 4.78 is 54.2. The number of halogens is 3. The van der Waals surface area contributed by atoms with Crippen molar-refractivity contribution in [2.45, 2.75) is 23.7 Å². The molecule has 1 atom stereocenters. The Morgan fingerprint density at radius 2 is 2.00 bits per heavy atom. The number of sulfonamides is 1. The molecular weight excluding hydrogens is 322 g/mol. The lowest BCUT2D eigenvalue weighted by Gasteiger charge is -2.37. The lowest BCUT2D eigenvalue weighted by molar-refractivity contribution is 0.170. The van der Waals surface area contributed by atoms with E-state index in [2.05, 4.69) is 0 Å².